The predicted octanol–water partition coefficient (Wildman–Crippen LogP) is 1.11. The number of thiazole rings is 1. The molecule has 0 aromatic carbocycles. The van der Waals surface area contributed by atoms with Crippen molar-refractivity contribution in [2.45, 2.75) is 6.61 Å². The lowest BCUT2D eigenvalue weighted by Gasteiger charge is -2.00. The van der Waals surface area contributed by atoms with Gasteiger partial charge in [-0.3, -0.25) is 9.78 Å². The highest BCUT2D eigenvalue weighted by Gasteiger charge is 2.17. The molecule has 2 heterocycles. The van der Waals surface area contributed by atoms with Crippen LogP contribution in [-0.2, 0) is 21.0 Å². The molecule has 0 aliphatic heterocycles. The smallest absolute Gasteiger partial charge is 0.360 e. The second kappa shape index (κ2) is 7.10. The zero-order valence-electron chi connectivity index (χ0n) is 10.6. The Morgan fingerprint density at radius 2 is 2.38 bits per heavy atom. The number of aromatic nitrogens is 2. The minimum atomic E-state index is -1.28. The maximum absolute atomic E-state index is 11.2. The summed E-state index contributed by atoms with van der Waals surface area (Å²) in [4.78, 5) is 34.4. The minimum absolute atomic E-state index is 0.0429. The van der Waals surface area contributed by atoms with Crippen molar-refractivity contribution >= 4 is 34.6 Å². The van der Waals surface area contributed by atoms with E-state index >= 15 is 0 Å². The van der Waals surface area contributed by atoms with E-state index in [4.69, 9.17) is 9.94 Å². The summed E-state index contributed by atoms with van der Waals surface area (Å²) in [6.07, 6.45) is 2.05. The fraction of sp³-hybridized carbons (Fsp3) is 0.0833. The molecule has 0 bridgehead atoms. The maximum atomic E-state index is 11.2. The Kier molecular flexibility index (Phi) is 4.94. The topological polar surface area (TPSA) is 114 Å². The van der Waals surface area contributed by atoms with E-state index in [1.54, 1.807) is 24.4 Å². The summed E-state index contributed by atoms with van der Waals surface area (Å²) in [5.41, 5.74) is 0.381. The number of aliphatic carboxylic acids is 1. The fourth-order valence-corrected chi connectivity index (χ4v) is 2.00. The predicted molar refractivity (Wildman–Crippen MR) is 75.0 cm³/mol. The van der Waals surface area contributed by atoms with Crippen molar-refractivity contribution in [3.63, 3.8) is 0 Å². The summed E-state index contributed by atoms with van der Waals surface area (Å²) in [6, 6.07) is 5.27. The van der Waals surface area contributed by atoms with Crippen molar-refractivity contribution in [3.8, 4) is 0 Å². The molecule has 0 atom stereocenters. The zero-order valence-corrected chi connectivity index (χ0v) is 11.4. The Labute approximate surface area is 123 Å². The van der Waals surface area contributed by atoms with Gasteiger partial charge in [0.25, 0.3) is 0 Å². The Morgan fingerprint density at radius 3 is 3.05 bits per heavy atom. The second-order valence-electron chi connectivity index (χ2n) is 3.64. The van der Waals surface area contributed by atoms with Crippen molar-refractivity contribution < 1.29 is 19.5 Å². The van der Waals surface area contributed by atoms with Gasteiger partial charge in [0.2, 0.25) is 12.1 Å². The number of pyridine rings is 1. The minimum Gasteiger partial charge on any atom is -0.476 e. The number of hydrogen-bond donors (Lipinski definition) is 2. The van der Waals surface area contributed by atoms with Gasteiger partial charge in [-0.25, -0.2) is 9.78 Å². The molecule has 0 saturated heterocycles. The van der Waals surface area contributed by atoms with Gasteiger partial charge in [-0.15, -0.1) is 11.3 Å². The van der Waals surface area contributed by atoms with E-state index in [-0.39, 0.29) is 23.1 Å². The highest BCUT2D eigenvalue weighted by atomic mass is 32.1. The third-order valence-electron chi connectivity index (χ3n) is 2.23. The first kappa shape index (κ1) is 14.6. The molecular formula is C12H10N4O4S. The molecule has 0 fully saturated rings. The van der Waals surface area contributed by atoms with Crippen molar-refractivity contribution in [2.75, 3.05) is 5.32 Å². The second-order valence-corrected chi connectivity index (χ2v) is 4.50. The molecule has 0 saturated carbocycles. The van der Waals surface area contributed by atoms with Crippen molar-refractivity contribution in [1.82, 2.24) is 9.97 Å². The summed E-state index contributed by atoms with van der Waals surface area (Å²) in [5.74, 6) is -1.28. The van der Waals surface area contributed by atoms with Crippen LogP contribution in [0.5, 0.6) is 0 Å². The number of carboxylic acid groups (broad SMARTS) is 1. The lowest BCUT2D eigenvalue weighted by molar-refractivity contribution is -0.129. The average molecular weight is 306 g/mol. The Hall–Kier alpha value is -2.81. The number of hydrogen-bond acceptors (Lipinski definition) is 7. The van der Waals surface area contributed by atoms with Crippen molar-refractivity contribution in [1.29, 1.82) is 0 Å². The SMILES string of the molecule is O=CNc1nc(C(=NOCc2ccccn2)C(=O)O)cs1. The molecule has 9 heteroatoms. The quantitative estimate of drug-likeness (QED) is 0.450. The van der Waals surface area contributed by atoms with E-state index in [0.717, 1.165) is 11.3 Å². The number of carboxylic acids is 1. The van der Waals surface area contributed by atoms with Crippen LogP contribution in [0.1, 0.15) is 11.4 Å². The van der Waals surface area contributed by atoms with Crippen LogP contribution in [0.15, 0.2) is 34.9 Å². The maximum Gasteiger partial charge on any atom is 0.360 e. The summed E-state index contributed by atoms with van der Waals surface area (Å²) >= 11 is 1.08. The van der Waals surface area contributed by atoms with Gasteiger partial charge in [-0.05, 0) is 12.1 Å². The third-order valence-corrected chi connectivity index (χ3v) is 3.00. The zero-order chi connectivity index (χ0) is 15.1. The molecular weight excluding hydrogens is 296 g/mol. The third kappa shape index (κ3) is 4.08. The normalized spacial score (nSPS) is 11.0. The summed E-state index contributed by atoms with van der Waals surface area (Å²) in [5, 5.41) is 16.7. The molecule has 1 amide bonds. The van der Waals surface area contributed by atoms with Gasteiger partial charge in [-0.1, -0.05) is 11.2 Å². The molecule has 0 aliphatic rings. The molecule has 2 N–H and O–H groups in total. The molecule has 2 rings (SSSR count). The van der Waals surface area contributed by atoms with Crippen LogP contribution in [0.3, 0.4) is 0 Å². The van der Waals surface area contributed by atoms with Gasteiger partial charge in [0.1, 0.15) is 5.69 Å². The van der Waals surface area contributed by atoms with Gasteiger partial charge in [-0.2, -0.15) is 0 Å². The summed E-state index contributed by atoms with van der Waals surface area (Å²) in [7, 11) is 0. The van der Waals surface area contributed by atoms with Crippen molar-refractivity contribution in [2.24, 2.45) is 5.16 Å². The monoisotopic (exact) mass is 306 g/mol. The first-order valence-electron chi connectivity index (χ1n) is 5.70. The van der Waals surface area contributed by atoms with Crippen LogP contribution in [-0.4, -0.2) is 33.2 Å². The van der Waals surface area contributed by atoms with E-state index in [9.17, 15) is 9.59 Å². The van der Waals surface area contributed by atoms with Crippen LogP contribution < -0.4 is 5.32 Å². The average Bonchev–Trinajstić information content (AvgIpc) is 2.93. The van der Waals surface area contributed by atoms with E-state index in [1.165, 1.54) is 5.38 Å². The van der Waals surface area contributed by atoms with Crippen molar-refractivity contribution in [3.05, 3.63) is 41.2 Å². The number of anilines is 1. The number of nitrogens with one attached hydrogen (secondary N) is 1. The molecule has 0 unspecified atom stereocenters. The van der Waals surface area contributed by atoms with Crippen LogP contribution >= 0.6 is 11.3 Å². The molecule has 0 spiro atoms. The van der Waals surface area contributed by atoms with E-state index in [0.29, 0.717) is 12.1 Å². The fourth-order valence-electron chi connectivity index (χ4n) is 1.34. The highest BCUT2D eigenvalue weighted by molar-refractivity contribution is 7.14. The number of nitrogens with zero attached hydrogens (tertiary/aromatic N) is 3. The highest BCUT2D eigenvalue weighted by Crippen LogP contribution is 2.15. The molecule has 2 aromatic heterocycles. The van der Waals surface area contributed by atoms with Gasteiger partial charge in [0.15, 0.2) is 11.7 Å². The molecule has 0 aliphatic carbocycles. The van der Waals surface area contributed by atoms with Gasteiger partial charge in [0.05, 0.1) is 5.69 Å². The van der Waals surface area contributed by atoms with E-state index < -0.39 is 5.97 Å². The van der Waals surface area contributed by atoms with Gasteiger partial charge < -0.3 is 15.3 Å². The Balaban J connectivity index is 2.08. The number of oxime groups is 1. The van der Waals surface area contributed by atoms with Crippen LogP contribution in [0, 0.1) is 0 Å². The molecule has 21 heavy (non-hydrogen) atoms. The number of amides is 1. The summed E-state index contributed by atoms with van der Waals surface area (Å²) < 4.78 is 0. The van der Waals surface area contributed by atoms with E-state index in [2.05, 4.69) is 20.4 Å². The van der Waals surface area contributed by atoms with E-state index in [1.807, 2.05) is 0 Å². The standard InChI is InChI=1S/C12H10N4O4S/c17-7-14-12-15-9(6-21-12)10(11(18)19)16-20-5-8-3-1-2-4-13-8/h1-4,6-7H,5H2,(H,18,19)(H,14,15,17). The van der Waals surface area contributed by atoms with Crippen LogP contribution in [0.4, 0.5) is 5.13 Å². The van der Waals surface area contributed by atoms with Crippen LogP contribution in [0.2, 0.25) is 0 Å². The largest absolute Gasteiger partial charge is 0.476 e. The molecule has 0 radical (unpaired) electrons. The number of carbonyl (C=O) groups excluding carboxylic acids is 1. The first-order valence-corrected chi connectivity index (χ1v) is 6.58. The Morgan fingerprint density at radius 1 is 1.52 bits per heavy atom. The van der Waals surface area contributed by atoms with Crippen LogP contribution in [0.25, 0.3) is 0 Å². The molecule has 2 aromatic rings. The van der Waals surface area contributed by atoms with Gasteiger partial charge >= 0.3 is 5.97 Å². The van der Waals surface area contributed by atoms with Gasteiger partial charge in [0, 0.05) is 11.6 Å². The lowest BCUT2D eigenvalue weighted by atomic mass is 10.3. The number of rotatable bonds is 7. The molecule has 108 valence electrons. The lowest BCUT2D eigenvalue weighted by Crippen LogP contribution is -2.15. The molecule has 8 nitrogen and oxygen atoms in total. The summed E-state index contributed by atoms with van der Waals surface area (Å²) in [6.45, 7) is 0.0429. The number of carbonyl (C=O) groups is 2. The first-order chi connectivity index (χ1) is 10.2. The Bertz CT molecular complexity index is 656.